The van der Waals surface area contributed by atoms with Crippen LogP contribution in [0.1, 0.15) is 30.9 Å². The second-order valence-corrected chi connectivity index (χ2v) is 9.84. The van der Waals surface area contributed by atoms with Gasteiger partial charge in [-0.2, -0.15) is 0 Å². The van der Waals surface area contributed by atoms with Gasteiger partial charge in [0.1, 0.15) is 5.75 Å². The molecule has 2 saturated heterocycles. The van der Waals surface area contributed by atoms with Gasteiger partial charge in [0.2, 0.25) is 17.7 Å². The molecule has 0 saturated carbocycles. The van der Waals surface area contributed by atoms with E-state index in [4.69, 9.17) is 4.74 Å². The van der Waals surface area contributed by atoms with E-state index in [-0.39, 0.29) is 54.2 Å². The molecular weight excluding hydrogens is 444 g/mol. The molecule has 2 aromatic carbocycles. The van der Waals surface area contributed by atoms with E-state index in [1.54, 1.807) is 29.2 Å². The molecule has 2 fully saturated rings. The van der Waals surface area contributed by atoms with Gasteiger partial charge in [-0.05, 0) is 61.6 Å². The van der Waals surface area contributed by atoms with Crippen molar-refractivity contribution in [2.45, 2.75) is 33.6 Å². The number of esters is 1. The summed E-state index contributed by atoms with van der Waals surface area (Å²) in [5.74, 6) is -2.14. The molecule has 0 spiro atoms. The number of carbonyl (C=O) groups is 4. The second-order valence-electron chi connectivity index (χ2n) is 9.84. The molecule has 35 heavy (non-hydrogen) atoms. The van der Waals surface area contributed by atoms with Crippen molar-refractivity contribution < 1.29 is 23.9 Å². The molecule has 4 atom stereocenters. The lowest BCUT2D eigenvalue weighted by Crippen LogP contribution is -2.31. The predicted molar refractivity (Wildman–Crippen MR) is 131 cm³/mol. The summed E-state index contributed by atoms with van der Waals surface area (Å²) in [5, 5.41) is 0. The van der Waals surface area contributed by atoms with Crippen LogP contribution in [0.2, 0.25) is 0 Å². The van der Waals surface area contributed by atoms with Crippen LogP contribution in [0, 0.1) is 37.5 Å². The number of carbonyl (C=O) groups excluding carboxylic acids is 4. The minimum atomic E-state index is -0.600. The molecule has 3 aliphatic rings. The first-order valence-corrected chi connectivity index (χ1v) is 12.0. The van der Waals surface area contributed by atoms with E-state index >= 15 is 0 Å². The second kappa shape index (κ2) is 8.80. The molecule has 0 radical (unpaired) electrons. The van der Waals surface area contributed by atoms with Crippen LogP contribution in [0.4, 0.5) is 11.4 Å². The maximum absolute atomic E-state index is 13.1. The minimum Gasteiger partial charge on any atom is -0.426 e. The van der Waals surface area contributed by atoms with E-state index in [2.05, 4.69) is 0 Å². The SMILES string of the molecule is Cc1cc(C)cc(N2C[C@H](C(=O)Oc3cccc(N4C(=O)[C@@H]5[C@H](CC=C[C@@H]5C)C4=O)c3)CC2=O)c1. The van der Waals surface area contributed by atoms with Crippen molar-refractivity contribution in [2.75, 3.05) is 16.3 Å². The first kappa shape index (κ1) is 23.0. The first-order chi connectivity index (χ1) is 16.7. The summed E-state index contributed by atoms with van der Waals surface area (Å²) < 4.78 is 5.61. The summed E-state index contributed by atoms with van der Waals surface area (Å²) in [7, 11) is 0. The van der Waals surface area contributed by atoms with Gasteiger partial charge >= 0.3 is 5.97 Å². The maximum atomic E-state index is 13.1. The van der Waals surface area contributed by atoms with Crippen molar-refractivity contribution >= 4 is 35.1 Å². The molecular formula is C28H28N2O5. The van der Waals surface area contributed by atoms with Gasteiger partial charge in [0, 0.05) is 24.7 Å². The maximum Gasteiger partial charge on any atom is 0.316 e. The van der Waals surface area contributed by atoms with Crippen LogP contribution in [0.15, 0.2) is 54.6 Å². The van der Waals surface area contributed by atoms with Gasteiger partial charge in [-0.15, -0.1) is 0 Å². The summed E-state index contributed by atoms with van der Waals surface area (Å²) in [6.07, 6.45) is 4.57. The lowest BCUT2D eigenvalue weighted by molar-refractivity contribution is -0.139. The van der Waals surface area contributed by atoms with Crippen molar-refractivity contribution in [1.82, 2.24) is 0 Å². The smallest absolute Gasteiger partial charge is 0.316 e. The Bertz CT molecular complexity index is 1250. The Hall–Kier alpha value is -3.74. The molecule has 5 rings (SSSR count). The Morgan fingerprint density at radius 1 is 0.971 bits per heavy atom. The third-order valence-electron chi connectivity index (χ3n) is 7.14. The van der Waals surface area contributed by atoms with Gasteiger partial charge in [-0.1, -0.05) is 31.2 Å². The van der Waals surface area contributed by atoms with Crippen molar-refractivity contribution in [3.05, 3.63) is 65.7 Å². The van der Waals surface area contributed by atoms with E-state index in [1.807, 2.05) is 51.1 Å². The van der Waals surface area contributed by atoms with E-state index in [9.17, 15) is 19.2 Å². The van der Waals surface area contributed by atoms with Crippen LogP contribution < -0.4 is 14.5 Å². The van der Waals surface area contributed by atoms with E-state index in [0.717, 1.165) is 16.8 Å². The van der Waals surface area contributed by atoms with E-state index in [1.165, 1.54) is 4.90 Å². The lowest BCUT2D eigenvalue weighted by Gasteiger charge is -2.22. The minimum absolute atomic E-state index is 0.00347. The van der Waals surface area contributed by atoms with Crippen molar-refractivity contribution in [1.29, 1.82) is 0 Å². The molecule has 2 aromatic rings. The molecule has 2 aliphatic heterocycles. The molecule has 1 aliphatic carbocycles. The zero-order valence-electron chi connectivity index (χ0n) is 20.1. The Labute approximate surface area is 204 Å². The average Bonchev–Trinajstić information content (AvgIpc) is 3.31. The van der Waals surface area contributed by atoms with Crippen molar-refractivity contribution in [2.24, 2.45) is 23.7 Å². The quantitative estimate of drug-likeness (QED) is 0.291. The van der Waals surface area contributed by atoms with Gasteiger partial charge in [0.15, 0.2) is 0 Å². The number of hydrogen-bond donors (Lipinski definition) is 0. The fourth-order valence-electron chi connectivity index (χ4n) is 5.51. The third-order valence-corrected chi connectivity index (χ3v) is 7.14. The van der Waals surface area contributed by atoms with Crippen LogP contribution in [0.3, 0.4) is 0 Å². The number of anilines is 2. The van der Waals surface area contributed by atoms with Gasteiger partial charge < -0.3 is 9.64 Å². The molecule has 0 N–H and O–H groups in total. The molecule has 0 bridgehead atoms. The van der Waals surface area contributed by atoms with E-state index in [0.29, 0.717) is 12.1 Å². The molecule has 7 heteroatoms. The van der Waals surface area contributed by atoms with E-state index < -0.39 is 11.9 Å². The monoisotopic (exact) mass is 472 g/mol. The highest BCUT2D eigenvalue weighted by atomic mass is 16.5. The fraction of sp³-hybridized carbons (Fsp3) is 0.357. The Balaban J connectivity index is 1.30. The number of benzene rings is 2. The van der Waals surface area contributed by atoms with Crippen LogP contribution in [-0.2, 0) is 19.2 Å². The molecule has 180 valence electrons. The molecule has 0 unspecified atom stereocenters. The molecule has 7 nitrogen and oxygen atoms in total. The highest BCUT2D eigenvalue weighted by Gasteiger charge is 2.50. The topological polar surface area (TPSA) is 84.0 Å². The van der Waals surface area contributed by atoms with Gasteiger partial charge in [-0.3, -0.25) is 19.2 Å². The molecule has 3 amide bonds. The largest absolute Gasteiger partial charge is 0.426 e. The van der Waals surface area contributed by atoms with Crippen LogP contribution in [0.5, 0.6) is 5.75 Å². The zero-order chi connectivity index (χ0) is 24.9. The predicted octanol–water partition coefficient (Wildman–Crippen LogP) is 3.96. The summed E-state index contributed by atoms with van der Waals surface area (Å²) in [6, 6.07) is 12.4. The van der Waals surface area contributed by atoms with Crippen molar-refractivity contribution in [3.63, 3.8) is 0 Å². The number of aryl methyl sites for hydroxylation is 2. The van der Waals surface area contributed by atoms with Crippen LogP contribution >= 0.6 is 0 Å². The fourth-order valence-corrected chi connectivity index (χ4v) is 5.51. The lowest BCUT2D eigenvalue weighted by atomic mass is 9.78. The number of allylic oxidation sites excluding steroid dienone is 2. The van der Waals surface area contributed by atoms with Crippen LogP contribution in [-0.4, -0.2) is 30.2 Å². The summed E-state index contributed by atoms with van der Waals surface area (Å²) in [4.78, 5) is 54.5. The summed E-state index contributed by atoms with van der Waals surface area (Å²) >= 11 is 0. The Morgan fingerprint density at radius 3 is 2.43 bits per heavy atom. The number of rotatable bonds is 4. The number of amides is 3. The Kier molecular flexibility index (Phi) is 5.79. The molecule has 0 aromatic heterocycles. The normalized spacial score (nSPS) is 25.9. The number of nitrogens with zero attached hydrogens (tertiary/aromatic N) is 2. The highest BCUT2D eigenvalue weighted by molar-refractivity contribution is 6.22. The van der Waals surface area contributed by atoms with Gasteiger partial charge in [0.25, 0.3) is 0 Å². The molecule has 2 heterocycles. The summed E-state index contributed by atoms with van der Waals surface area (Å²) in [6.45, 7) is 6.14. The van der Waals surface area contributed by atoms with Crippen molar-refractivity contribution in [3.8, 4) is 5.75 Å². The number of ether oxygens (including phenoxy) is 1. The van der Waals surface area contributed by atoms with Gasteiger partial charge in [-0.25, -0.2) is 4.90 Å². The zero-order valence-corrected chi connectivity index (χ0v) is 20.1. The number of hydrogen-bond acceptors (Lipinski definition) is 5. The highest BCUT2D eigenvalue weighted by Crippen LogP contribution is 2.41. The standard InChI is InChI=1S/C28H28N2O5/c1-16-10-17(2)12-21(11-16)29-15-19(13-24(29)31)28(34)35-22-8-5-7-20(14-22)30-26(32)23-9-4-6-18(3)25(23)27(30)33/h4-8,10-12,14,18-19,23,25H,9,13,15H2,1-3H3/t18-,19+,23-,25-/m0/s1. The third kappa shape index (κ3) is 4.16. The van der Waals surface area contributed by atoms with Crippen LogP contribution in [0.25, 0.3) is 0 Å². The Morgan fingerprint density at radius 2 is 1.71 bits per heavy atom. The average molecular weight is 473 g/mol. The summed E-state index contributed by atoms with van der Waals surface area (Å²) in [5.41, 5.74) is 3.27. The van der Waals surface area contributed by atoms with Gasteiger partial charge in [0.05, 0.1) is 23.4 Å². The first-order valence-electron chi connectivity index (χ1n) is 12.0. The number of fused-ring (bicyclic) bond motifs is 1. The number of imide groups is 1.